The average Bonchev–Trinajstić information content (AvgIpc) is 2.54. The topological polar surface area (TPSA) is 75.4 Å². The lowest BCUT2D eigenvalue weighted by molar-refractivity contribution is -0.134. The summed E-state index contributed by atoms with van der Waals surface area (Å²) in [4.78, 5) is 26.5. The number of rotatable bonds is 5. The summed E-state index contributed by atoms with van der Waals surface area (Å²) < 4.78 is 0. The average molecular weight is 331 g/mol. The number of likely N-dealkylation sites (tertiary alicyclic amines) is 1. The molecule has 3 N–H and O–H groups in total. The Balaban J connectivity index is 1.84. The largest absolute Gasteiger partial charge is 0.349 e. The van der Waals surface area contributed by atoms with Gasteiger partial charge >= 0.3 is 0 Å². The SMILES string of the molecule is Cc1ccccc1C(=O)NC1CCN(C(=O)[C@@H](N)CC(C)C)CC1. The summed E-state index contributed by atoms with van der Waals surface area (Å²) in [6, 6.07) is 7.28. The molecule has 1 aliphatic heterocycles. The van der Waals surface area contributed by atoms with Crippen LogP contribution in [0.2, 0.25) is 0 Å². The van der Waals surface area contributed by atoms with Crippen molar-refractivity contribution in [2.45, 2.75) is 52.1 Å². The van der Waals surface area contributed by atoms with Crippen molar-refractivity contribution in [1.82, 2.24) is 10.2 Å². The molecule has 1 fully saturated rings. The van der Waals surface area contributed by atoms with E-state index in [9.17, 15) is 9.59 Å². The van der Waals surface area contributed by atoms with E-state index in [0.717, 1.165) is 24.0 Å². The molecule has 24 heavy (non-hydrogen) atoms. The van der Waals surface area contributed by atoms with Crippen LogP contribution in [0.1, 0.15) is 49.0 Å². The highest BCUT2D eigenvalue weighted by molar-refractivity contribution is 5.95. The molecule has 0 aromatic heterocycles. The smallest absolute Gasteiger partial charge is 0.251 e. The monoisotopic (exact) mass is 331 g/mol. The first-order chi connectivity index (χ1) is 11.4. The second kappa shape index (κ2) is 8.29. The van der Waals surface area contributed by atoms with Crippen LogP contribution in [0.25, 0.3) is 0 Å². The second-order valence-corrected chi connectivity index (χ2v) is 7.12. The predicted molar refractivity (Wildman–Crippen MR) is 95.7 cm³/mol. The molecule has 0 spiro atoms. The zero-order chi connectivity index (χ0) is 17.7. The normalized spacial score (nSPS) is 17.0. The molecule has 5 heteroatoms. The minimum Gasteiger partial charge on any atom is -0.349 e. The van der Waals surface area contributed by atoms with Crippen molar-refractivity contribution in [3.05, 3.63) is 35.4 Å². The Morgan fingerprint density at radius 2 is 1.88 bits per heavy atom. The third-order valence-electron chi connectivity index (χ3n) is 4.57. The minimum absolute atomic E-state index is 0.0330. The summed E-state index contributed by atoms with van der Waals surface area (Å²) in [7, 11) is 0. The molecule has 5 nitrogen and oxygen atoms in total. The Morgan fingerprint density at radius 3 is 2.46 bits per heavy atom. The Labute approximate surface area is 144 Å². The van der Waals surface area contributed by atoms with Crippen LogP contribution in [0.4, 0.5) is 0 Å². The van der Waals surface area contributed by atoms with Gasteiger partial charge in [-0.3, -0.25) is 9.59 Å². The molecule has 0 unspecified atom stereocenters. The first-order valence-corrected chi connectivity index (χ1v) is 8.79. The second-order valence-electron chi connectivity index (χ2n) is 7.12. The lowest BCUT2D eigenvalue weighted by atomic mass is 10.00. The number of piperidine rings is 1. The molecule has 0 aliphatic carbocycles. The zero-order valence-corrected chi connectivity index (χ0v) is 14.9. The lowest BCUT2D eigenvalue weighted by Crippen LogP contribution is -2.51. The van der Waals surface area contributed by atoms with Crippen LogP contribution in [0.5, 0.6) is 0 Å². The van der Waals surface area contributed by atoms with Gasteiger partial charge in [0.25, 0.3) is 5.91 Å². The number of nitrogens with two attached hydrogens (primary N) is 1. The van der Waals surface area contributed by atoms with Gasteiger partial charge in [0.2, 0.25) is 5.91 Å². The summed E-state index contributed by atoms with van der Waals surface area (Å²) in [5.41, 5.74) is 7.69. The summed E-state index contributed by atoms with van der Waals surface area (Å²) in [6.07, 6.45) is 2.26. The van der Waals surface area contributed by atoms with Gasteiger partial charge in [0, 0.05) is 24.7 Å². The zero-order valence-electron chi connectivity index (χ0n) is 14.9. The number of nitrogens with one attached hydrogen (secondary N) is 1. The summed E-state index contributed by atoms with van der Waals surface area (Å²) in [5.74, 6) is 0.414. The highest BCUT2D eigenvalue weighted by Gasteiger charge is 2.27. The Morgan fingerprint density at radius 1 is 1.25 bits per heavy atom. The van der Waals surface area contributed by atoms with E-state index in [4.69, 9.17) is 5.73 Å². The van der Waals surface area contributed by atoms with E-state index in [1.807, 2.05) is 36.1 Å². The molecule has 0 radical (unpaired) electrons. The number of nitrogens with zero attached hydrogens (tertiary/aromatic N) is 1. The molecule has 2 amide bonds. The summed E-state index contributed by atoms with van der Waals surface area (Å²) >= 11 is 0. The van der Waals surface area contributed by atoms with Crippen LogP contribution in [0, 0.1) is 12.8 Å². The van der Waals surface area contributed by atoms with Crippen molar-refractivity contribution in [2.24, 2.45) is 11.7 Å². The van der Waals surface area contributed by atoms with Crippen molar-refractivity contribution in [3.63, 3.8) is 0 Å². The van der Waals surface area contributed by atoms with Gasteiger partial charge in [0.1, 0.15) is 0 Å². The highest BCUT2D eigenvalue weighted by Crippen LogP contribution is 2.15. The van der Waals surface area contributed by atoms with Gasteiger partial charge in [0.05, 0.1) is 6.04 Å². The molecular weight excluding hydrogens is 302 g/mol. The predicted octanol–water partition coefficient (Wildman–Crippen LogP) is 2.09. The van der Waals surface area contributed by atoms with Crippen LogP contribution in [0.3, 0.4) is 0 Å². The highest BCUT2D eigenvalue weighted by atomic mass is 16.2. The van der Waals surface area contributed by atoms with Gasteiger partial charge in [0.15, 0.2) is 0 Å². The van der Waals surface area contributed by atoms with Gasteiger partial charge in [-0.05, 0) is 43.7 Å². The summed E-state index contributed by atoms with van der Waals surface area (Å²) in [6.45, 7) is 7.39. The van der Waals surface area contributed by atoms with Crippen molar-refractivity contribution in [1.29, 1.82) is 0 Å². The third kappa shape index (κ3) is 4.81. The quantitative estimate of drug-likeness (QED) is 0.867. The van der Waals surface area contributed by atoms with E-state index < -0.39 is 6.04 Å². The van der Waals surface area contributed by atoms with Crippen LogP contribution in [-0.2, 0) is 4.79 Å². The Bertz CT molecular complexity index is 578. The first kappa shape index (κ1) is 18.5. The van der Waals surface area contributed by atoms with Gasteiger partial charge in [-0.2, -0.15) is 0 Å². The molecule has 1 heterocycles. The Hall–Kier alpha value is -1.88. The van der Waals surface area contributed by atoms with Crippen LogP contribution in [-0.4, -0.2) is 41.9 Å². The Kier molecular flexibility index (Phi) is 6.37. The summed E-state index contributed by atoms with van der Waals surface area (Å²) in [5, 5.41) is 3.09. The maximum absolute atomic E-state index is 12.4. The van der Waals surface area contributed by atoms with E-state index in [1.165, 1.54) is 0 Å². The van der Waals surface area contributed by atoms with E-state index in [0.29, 0.717) is 25.4 Å². The molecule has 0 saturated carbocycles. The molecule has 1 aromatic rings. The van der Waals surface area contributed by atoms with Crippen molar-refractivity contribution < 1.29 is 9.59 Å². The van der Waals surface area contributed by atoms with E-state index in [-0.39, 0.29) is 17.9 Å². The molecule has 1 aliphatic rings. The van der Waals surface area contributed by atoms with Crippen LogP contribution in [0.15, 0.2) is 24.3 Å². The molecule has 0 bridgehead atoms. The number of carbonyl (C=O) groups is 2. The van der Waals surface area contributed by atoms with Gasteiger partial charge in [-0.25, -0.2) is 0 Å². The van der Waals surface area contributed by atoms with Gasteiger partial charge < -0.3 is 16.0 Å². The number of aryl methyl sites for hydroxylation is 1. The number of hydrogen-bond donors (Lipinski definition) is 2. The molecular formula is C19H29N3O2. The van der Waals surface area contributed by atoms with E-state index >= 15 is 0 Å². The van der Waals surface area contributed by atoms with Gasteiger partial charge in [-0.15, -0.1) is 0 Å². The fraction of sp³-hybridized carbons (Fsp3) is 0.579. The standard InChI is InChI=1S/C19H29N3O2/c1-13(2)12-17(20)19(24)22-10-8-15(9-11-22)21-18(23)16-7-5-4-6-14(16)3/h4-7,13,15,17H,8-12,20H2,1-3H3,(H,21,23)/t17-/m0/s1. The van der Waals surface area contributed by atoms with Crippen LogP contribution >= 0.6 is 0 Å². The van der Waals surface area contributed by atoms with E-state index in [2.05, 4.69) is 19.2 Å². The molecule has 1 atom stereocenters. The molecule has 2 rings (SSSR count). The number of hydrogen-bond acceptors (Lipinski definition) is 3. The van der Waals surface area contributed by atoms with Crippen molar-refractivity contribution in [3.8, 4) is 0 Å². The van der Waals surface area contributed by atoms with Crippen molar-refractivity contribution in [2.75, 3.05) is 13.1 Å². The number of amides is 2. The van der Waals surface area contributed by atoms with Gasteiger partial charge in [-0.1, -0.05) is 32.0 Å². The number of carbonyl (C=O) groups excluding carboxylic acids is 2. The third-order valence-corrected chi connectivity index (χ3v) is 4.57. The fourth-order valence-corrected chi connectivity index (χ4v) is 3.18. The maximum Gasteiger partial charge on any atom is 0.251 e. The minimum atomic E-state index is -0.414. The van der Waals surface area contributed by atoms with Crippen molar-refractivity contribution >= 4 is 11.8 Å². The molecule has 1 saturated heterocycles. The lowest BCUT2D eigenvalue weighted by Gasteiger charge is -2.34. The first-order valence-electron chi connectivity index (χ1n) is 8.79. The molecule has 132 valence electrons. The fourth-order valence-electron chi connectivity index (χ4n) is 3.18. The van der Waals surface area contributed by atoms with E-state index in [1.54, 1.807) is 0 Å². The van der Waals surface area contributed by atoms with Crippen LogP contribution < -0.4 is 11.1 Å². The number of benzene rings is 1. The maximum atomic E-state index is 12.4. The molecule has 1 aromatic carbocycles.